The van der Waals surface area contributed by atoms with Crippen LogP contribution in [0, 0.1) is 0 Å². The average Bonchev–Trinajstić information content (AvgIpc) is 2.66. The lowest BCUT2D eigenvalue weighted by Gasteiger charge is -2.30. The van der Waals surface area contributed by atoms with Crippen molar-refractivity contribution in [3.8, 4) is 0 Å². The second-order valence-corrected chi connectivity index (χ2v) is 8.04. The van der Waals surface area contributed by atoms with Gasteiger partial charge in [-0.25, -0.2) is 13.6 Å². The number of hydrogen-bond acceptors (Lipinski definition) is 5. The number of rotatable bonds is 10. The van der Waals surface area contributed by atoms with Gasteiger partial charge < -0.3 is 10.1 Å². The molecule has 0 heterocycles. The number of methoxy groups -OCH3 is 1. The van der Waals surface area contributed by atoms with Crippen LogP contribution in [-0.4, -0.2) is 52.1 Å². The summed E-state index contributed by atoms with van der Waals surface area (Å²) in [6.07, 6.45) is 0.761. The maximum atomic E-state index is 12.5. The van der Waals surface area contributed by atoms with Crippen molar-refractivity contribution in [3.05, 3.63) is 60.2 Å². The SMILES string of the molecule is CCN(CC(=O)Nc1cccc(S(N)(=O)=O)c1)C(COC)Cc1ccccc1. The quantitative estimate of drug-likeness (QED) is 0.628. The number of nitrogens with one attached hydrogen (secondary N) is 1. The van der Waals surface area contributed by atoms with Gasteiger partial charge in [0.05, 0.1) is 18.0 Å². The zero-order valence-corrected chi connectivity index (χ0v) is 17.0. The van der Waals surface area contributed by atoms with Crippen LogP contribution in [0.4, 0.5) is 5.69 Å². The van der Waals surface area contributed by atoms with E-state index >= 15 is 0 Å². The highest BCUT2D eigenvalue weighted by atomic mass is 32.2. The van der Waals surface area contributed by atoms with Crippen LogP contribution in [0.25, 0.3) is 0 Å². The molecule has 2 aromatic carbocycles. The van der Waals surface area contributed by atoms with Gasteiger partial charge >= 0.3 is 0 Å². The molecule has 0 saturated heterocycles. The molecule has 0 aliphatic rings. The van der Waals surface area contributed by atoms with Gasteiger partial charge in [0.1, 0.15) is 0 Å². The second kappa shape index (κ2) is 10.3. The molecule has 0 aliphatic heterocycles. The summed E-state index contributed by atoms with van der Waals surface area (Å²) in [5.74, 6) is -0.234. The molecule has 0 radical (unpaired) electrons. The van der Waals surface area contributed by atoms with E-state index < -0.39 is 10.0 Å². The number of benzene rings is 2. The van der Waals surface area contributed by atoms with Gasteiger partial charge in [0, 0.05) is 18.8 Å². The smallest absolute Gasteiger partial charge is 0.238 e. The summed E-state index contributed by atoms with van der Waals surface area (Å²) < 4.78 is 28.3. The number of nitrogens with two attached hydrogens (primary N) is 1. The Morgan fingerprint density at radius 1 is 1.18 bits per heavy atom. The van der Waals surface area contributed by atoms with Crippen molar-refractivity contribution in [2.24, 2.45) is 5.14 Å². The highest BCUT2D eigenvalue weighted by Crippen LogP contribution is 2.15. The Hall–Kier alpha value is -2.26. The van der Waals surface area contributed by atoms with E-state index in [4.69, 9.17) is 9.88 Å². The van der Waals surface area contributed by atoms with Crippen molar-refractivity contribution in [1.82, 2.24) is 4.90 Å². The molecule has 0 spiro atoms. The van der Waals surface area contributed by atoms with Crippen LogP contribution in [0.2, 0.25) is 0 Å². The molecular weight excluding hydrogens is 378 g/mol. The molecule has 1 atom stereocenters. The van der Waals surface area contributed by atoms with E-state index in [-0.39, 0.29) is 23.4 Å². The number of likely N-dealkylation sites (N-methyl/N-ethyl adjacent to an activating group) is 1. The van der Waals surface area contributed by atoms with E-state index in [1.165, 1.54) is 23.8 Å². The zero-order chi connectivity index (χ0) is 20.6. The first kappa shape index (κ1) is 22.0. The summed E-state index contributed by atoms with van der Waals surface area (Å²) in [4.78, 5) is 14.5. The minimum absolute atomic E-state index is 0.0407. The van der Waals surface area contributed by atoms with Crippen LogP contribution in [-0.2, 0) is 26.0 Å². The summed E-state index contributed by atoms with van der Waals surface area (Å²) >= 11 is 0. The highest BCUT2D eigenvalue weighted by molar-refractivity contribution is 7.89. The normalized spacial score (nSPS) is 12.7. The summed E-state index contributed by atoms with van der Waals surface area (Å²) in [7, 11) is -2.18. The lowest BCUT2D eigenvalue weighted by molar-refractivity contribution is -0.118. The number of sulfonamides is 1. The van der Waals surface area contributed by atoms with Gasteiger partial charge in [-0.2, -0.15) is 0 Å². The Morgan fingerprint density at radius 3 is 2.50 bits per heavy atom. The van der Waals surface area contributed by atoms with E-state index in [9.17, 15) is 13.2 Å². The molecule has 152 valence electrons. The zero-order valence-electron chi connectivity index (χ0n) is 16.2. The molecule has 7 nitrogen and oxygen atoms in total. The monoisotopic (exact) mass is 405 g/mol. The van der Waals surface area contributed by atoms with Gasteiger partial charge in [-0.05, 0) is 36.7 Å². The third-order valence-corrected chi connectivity index (χ3v) is 5.30. The van der Waals surface area contributed by atoms with Crippen molar-refractivity contribution >= 4 is 21.6 Å². The molecule has 3 N–H and O–H groups in total. The summed E-state index contributed by atoms with van der Waals surface area (Å²) in [5.41, 5.74) is 1.56. The van der Waals surface area contributed by atoms with Gasteiger partial charge in [-0.1, -0.05) is 43.3 Å². The molecule has 0 saturated carbocycles. The Kier molecular flexibility index (Phi) is 8.13. The molecule has 0 aliphatic carbocycles. The topological polar surface area (TPSA) is 102 Å². The van der Waals surface area contributed by atoms with Gasteiger partial charge in [-0.15, -0.1) is 0 Å². The Morgan fingerprint density at radius 2 is 1.89 bits per heavy atom. The Bertz CT molecular complexity index is 872. The van der Waals surface area contributed by atoms with Crippen molar-refractivity contribution in [2.75, 3.05) is 32.1 Å². The van der Waals surface area contributed by atoms with E-state index in [0.29, 0.717) is 18.8 Å². The first-order chi connectivity index (χ1) is 13.3. The summed E-state index contributed by atoms with van der Waals surface area (Å²) in [5, 5.41) is 7.88. The third kappa shape index (κ3) is 6.72. The number of primary sulfonamides is 1. The molecule has 0 bridgehead atoms. The minimum atomic E-state index is -3.82. The molecule has 0 fully saturated rings. The number of carbonyl (C=O) groups excluding carboxylic acids is 1. The van der Waals surface area contributed by atoms with Crippen LogP contribution in [0.3, 0.4) is 0 Å². The Balaban J connectivity index is 2.06. The second-order valence-electron chi connectivity index (χ2n) is 6.48. The lowest BCUT2D eigenvalue weighted by Crippen LogP contribution is -2.44. The number of amides is 1. The number of carbonyl (C=O) groups is 1. The average molecular weight is 406 g/mol. The summed E-state index contributed by atoms with van der Waals surface area (Å²) in [6, 6.07) is 16.0. The van der Waals surface area contributed by atoms with Gasteiger partial charge in [-0.3, -0.25) is 9.69 Å². The van der Waals surface area contributed by atoms with Crippen molar-refractivity contribution in [3.63, 3.8) is 0 Å². The van der Waals surface area contributed by atoms with Crippen molar-refractivity contribution < 1.29 is 17.9 Å². The Labute approximate surface area is 166 Å². The highest BCUT2D eigenvalue weighted by Gasteiger charge is 2.20. The number of ether oxygens (including phenoxy) is 1. The number of nitrogens with zero attached hydrogens (tertiary/aromatic N) is 1. The van der Waals surface area contributed by atoms with E-state index in [1.807, 2.05) is 30.0 Å². The third-order valence-electron chi connectivity index (χ3n) is 4.39. The predicted octanol–water partition coefficient (Wildman–Crippen LogP) is 1.85. The van der Waals surface area contributed by atoms with Gasteiger partial charge in [0.15, 0.2) is 0 Å². The lowest BCUT2D eigenvalue weighted by atomic mass is 10.0. The van der Waals surface area contributed by atoms with E-state index in [0.717, 1.165) is 6.42 Å². The first-order valence-electron chi connectivity index (χ1n) is 9.03. The van der Waals surface area contributed by atoms with Crippen LogP contribution in [0.1, 0.15) is 12.5 Å². The van der Waals surface area contributed by atoms with Gasteiger partial charge in [0.25, 0.3) is 0 Å². The van der Waals surface area contributed by atoms with Gasteiger partial charge in [0.2, 0.25) is 15.9 Å². The van der Waals surface area contributed by atoms with Crippen LogP contribution >= 0.6 is 0 Å². The fourth-order valence-corrected chi connectivity index (χ4v) is 3.57. The molecule has 1 amide bonds. The molecule has 2 aromatic rings. The first-order valence-corrected chi connectivity index (χ1v) is 10.6. The molecule has 8 heteroatoms. The van der Waals surface area contributed by atoms with Crippen LogP contribution in [0.15, 0.2) is 59.5 Å². The summed E-state index contributed by atoms with van der Waals surface area (Å²) in [6.45, 7) is 3.32. The number of anilines is 1. The van der Waals surface area contributed by atoms with Crippen molar-refractivity contribution in [2.45, 2.75) is 24.3 Å². The molecule has 0 aromatic heterocycles. The maximum absolute atomic E-state index is 12.5. The fraction of sp³-hybridized carbons (Fsp3) is 0.350. The molecule has 1 unspecified atom stereocenters. The molecule has 2 rings (SSSR count). The van der Waals surface area contributed by atoms with Crippen LogP contribution in [0.5, 0.6) is 0 Å². The van der Waals surface area contributed by atoms with Crippen molar-refractivity contribution in [1.29, 1.82) is 0 Å². The molecular formula is C20H27N3O4S. The van der Waals surface area contributed by atoms with E-state index in [1.54, 1.807) is 13.2 Å². The minimum Gasteiger partial charge on any atom is -0.383 e. The standard InChI is InChI=1S/C20H27N3O4S/c1-3-23(18(15-27-2)12-16-8-5-4-6-9-16)14-20(24)22-17-10-7-11-19(13-17)28(21,25)26/h4-11,13,18H,3,12,14-15H2,1-2H3,(H,22,24)(H2,21,25,26). The largest absolute Gasteiger partial charge is 0.383 e. The van der Waals surface area contributed by atoms with E-state index in [2.05, 4.69) is 17.4 Å². The predicted molar refractivity (Wildman–Crippen MR) is 110 cm³/mol. The molecule has 28 heavy (non-hydrogen) atoms. The fourth-order valence-electron chi connectivity index (χ4n) is 3.01. The maximum Gasteiger partial charge on any atom is 0.238 e. The number of hydrogen-bond donors (Lipinski definition) is 2. The van der Waals surface area contributed by atoms with Crippen LogP contribution < -0.4 is 10.5 Å².